The van der Waals surface area contributed by atoms with Gasteiger partial charge in [0.05, 0.1) is 18.0 Å². The Labute approximate surface area is 248 Å². The molecule has 1 atom stereocenters. The van der Waals surface area contributed by atoms with E-state index >= 15 is 0 Å². The Morgan fingerprint density at radius 3 is 2.49 bits per heavy atom. The molecule has 0 saturated carbocycles. The topological polar surface area (TPSA) is 156 Å². The molecular weight excluding hydrogens is 560 g/mol. The van der Waals surface area contributed by atoms with Crippen molar-refractivity contribution in [2.45, 2.75) is 19.2 Å². The van der Waals surface area contributed by atoms with Crippen LogP contribution in [-0.2, 0) is 9.53 Å². The number of rotatable bonds is 11. The Balaban J connectivity index is 1.12. The molecule has 3 aromatic rings. The minimum Gasteiger partial charge on any atom is -0.369 e. The molecule has 13 nitrogen and oxygen atoms in total. The third-order valence-electron chi connectivity index (χ3n) is 7.56. The number of hydrogen-bond acceptors (Lipinski definition) is 11. The van der Waals surface area contributed by atoms with E-state index in [-0.39, 0.29) is 24.7 Å². The van der Waals surface area contributed by atoms with Gasteiger partial charge in [0.25, 0.3) is 5.91 Å². The molecule has 5 rings (SSSR count). The maximum absolute atomic E-state index is 13.6. The standard InChI is InChI=1S/C28H37F2N11O2/c1-18-19(4-3-5-38-6-8-39(9-7-38)22-11-20(29)10-21(30)12-22)14-35-41(18)25-13-24(36-28(32)37-25)40-15-23(16-40)43-17-34-27(42)26(31)33-2/h3-4,10-14,23,26,33H,5-9,15-17,31H2,1-2H3,(H,34,42)(H2,32,36,37)/b4-3+. The van der Waals surface area contributed by atoms with Gasteiger partial charge in [0.2, 0.25) is 5.95 Å². The smallest absolute Gasteiger partial charge is 0.253 e. The summed E-state index contributed by atoms with van der Waals surface area (Å²) in [5.74, 6) is -0.108. The second-order valence-corrected chi connectivity index (χ2v) is 10.5. The van der Waals surface area contributed by atoms with Crippen LogP contribution < -0.4 is 31.9 Å². The fourth-order valence-electron chi connectivity index (χ4n) is 4.97. The van der Waals surface area contributed by atoms with Crippen LogP contribution in [0.5, 0.6) is 0 Å². The lowest BCUT2D eigenvalue weighted by Crippen LogP contribution is -2.55. The predicted molar refractivity (Wildman–Crippen MR) is 159 cm³/mol. The van der Waals surface area contributed by atoms with Gasteiger partial charge in [-0.1, -0.05) is 12.2 Å². The number of carbonyl (C=O) groups excluding carboxylic acids is 1. The molecule has 4 heterocycles. The molecule has 0 radical (unpaired) electrons. The van der Waals surface area contributed by atoms with E-state index in [1.165, 1.54) is 12.1 Å². The zero-order valence-corrected chi connectivity index (χ0v) is 24.2. The summed E-state index contributed by atoms with van der Waals surface area (Å²) in [5, 5.41) is 9.81. The number of amides is 1. The number of aromatic nitrogens is 4. The number of carbonyl (C=O) groups is 1. The van der Waals surface area contributed by atoms with Gasteiger partial charge in [-0.05, 0) is 26.1 Å². The van der Waals surface area contributed by atoms with Crippen molar-refractivity contribution in [3.05, 3.63) is 59.4 Å². The summed E-state index contributed by atoms with van der Waals surface area (Å²) in [5.41, 5.74) is 14.1. The van der Waals surface area contributed by atoms with Gasteiger partial charge in [-0.25, -0.2) is 13.5 Å². The molecule has 1 aromatic carbocycles. The van der Waals surface area contributed by atoms with Gasteiger partial charge >= 0.3 is 0 Å². The van der Waals surface area contributed by atoms with Crippen molar-refractivity contribution >= 4 is 29.4 Å². The summed E-state index contributed by atoms with van der Waals surface area (Å²) >= 11 is 0. The predicted octanol–water partition coefficient (Wildman–Crippen LogP) is 0.450. The van der Waals surface area contributed by atoms with Crippen LogP contribution in [0.3, 0.4) is 0 Å². The summed E-state index contributed by atoms with van der Waals surface area (Å²) in [6.45, 7) is 6.89. The number of anilines is 3. The van der Waals surface area contributed by atoms with E-state index in [0.717, 1.165) is 37.0 Å². The van der Waals surface area contributed by atoms with E-state index in [1.54, 1.807) is 17.9 Å². The molecular formula is C28H37F2N11O2. The molecule has 0 bridgehead atoms. The SMILES string of the molecule is CNC(N)C(=O)NCOC1CN(c2cc(-n3ncc(/C=C/CN4CCN(c5cc(F)cc(F)c5)CC4)c3C)nc(N)n2)C1. The zero-order valence-electron chi connectivity index (χ0n) is 24.2. The van der Waals surface area contributed by atoms with Crippen molar-refractivity contribution < 1.29 is 18.3 Å². The quantitative estimate of drug-likeness (QED) is 0.228. The molecule has 230 valence electrons. The number of ether oxygens (including phenoxy) is 1. The van der Waals surface area contributed by atoms with Gasteiger partial charge in [0.1, 0.15) is 30.3 Å². The van der Waals surface area contributed by atoms with E-state index < -0.39 is 17.8 Å². The van der Waals surface area contributed by atoms with E-state index in [0.29, 0.717) is 43.5 Å². The van der Waals surface area contributed by atoms with Gasteiger partial charge in [-0.15, -0.1) is 0 Å². The Morgan fingerprint density at radius 2 is 1.79 bits per heavy atom. The minimum atomic E-state index is -0.782. The molecule has 1 amide bonds. The largest absolute Gasteiger partial charge is 0.369 e. The molecule has 15 heteroatoms. The van der Waals surface area contributed by atoms with Gasteiger partial charge in [-0.2, -0.15) is 15.1 Å². The van der Waals surface area contributed by atoms with Gasteiger partial charge < -0.3 is 31.3 Å². The lowest BCUT2D eigenvalue weighted by Gasteiger charge is -2.39. The number of hydrogen-bond donors (Lipinski definition) is 4. The Kier molecular flexibility index (Phi) is 9.45. The fourth-order valence-corrected chi connectivity index (χ4v) is 4.97. The number of nitrogens with zero attached hydrogens (tertiary/aromatic N) is 7. The lowest BCUT2D eigenvalue weighted by molar-refractivity contribution is -0.125. The van der Waals surface area contributed by atoms with Crippen LogP contribution in [0.15, 0.2) is 36.5 Å². The number of likely N-dealkylation sites (N-methyl/N-ethyl adjacent to an activating group) is 1. The summed E-state index contributed by atoms with van der Waals surface area (Å²) in [6, 6.07) is 5.46. The maximum atomic E-state index is 13.6. The molecule has 2 aromatic heterocycles. The van der Waals surface area contributed by atoms with E-state index in [2.05, 4.69) is 36.7 Å². The summed E-state index contributed by atoms with van der Waals surface area (Å²) in [4.78, 5) is 26.8. The van der Waals surface area contributed by atoms with Crippen molar-refractivity contribution in [2.24, 2.45) is 5.73 Å². The first-order valence-electron chi connectivity index (χ1n) is 14.1. The number of halogens is 2. The highest BCUT2D eigenvalue weighted by molar-refractivity contribution is 5.80. The Bertz CT molecular complexity index is 1430. The van der Waals surface area contributed by atoms with Crippen LogP contribution in [0.25, 0.3) is 11.9 Å². The molecule has 2 fully saturated rings. The van der Waals surface area contributed by atoms with Crippen molar-refractivity contribution in [1.29, 1.82) is 0 Å². The van der Waals surface area contributed by atoms with Crippen LogP contribution in [-0.4, -0.2) is 102 Å². The van der Waals surface area contributed by atoms with E-state index in [4.69, 9.17) is 16.2 Å². The third kappa shape index (κ3) is 7.43. The highest BCUT2D eigenvalue weighted by atomic mass is 19.1. The highest BCUT2D eigenvalue weighted by Crippen LogP contribution is 2.24. The average Bonchev–Trinajstić information content (AvgIpc) is 3.33. The number of piperazine rings is 1. The Hall–Kier alpha value is -4.18. The third-order valence-corrected chi connectivity index (χ3v) is 7.56. The first-order valence-corrected chi connectivity index (χ1v) is 14.1. The first kappa shape index (κ1) is 30.3. The van der Waals surface area contributed by atoms with Crippen LogP contribution >= 0.6 is 0 Å². The summed E-state index contributed by atoms with van der Waals surface area (Å²) in [7, 11) is 1.60. The van der Waals surface area contributed by atoms with Crippen LogP contribution in [0.2, 0.25) is 0 Å². The lowest BCUT2D eigenvalue weighted by atomic mass is 10.1. The molecule has 1 unspecified atom stereocenters. The second kappa shape index (κ2) is 13.4. The van der Waals surface area contributed by atoms with Crippen molar-refractivity contribution in [3.63, 3.8) is 0 Å². The number of benzene rings is 1. The highest BCUT2D eigenvalue weighted by Gasteiger charge is 2.29. The minimum absolute atomic E-state index is 0.0683. The molecule has 2 aliphatic heterocycles. The number of nitrogen functional groups attached to an aromatic ring is 1. The summed E-state index contributed by atoms with van der Waals surface area (Å²) in [6.07, 6.45) is 5.04. The number of nitrogens with two attached hydrogens (primary N) is 2. The van der Waals surface area contributed by atoms with E-state index in [9.17, 15) is 13.6 Å². The molecule has 6 N–H and O–H groups in total. The maximum Gasteiger partial charge on any atom is 0.253 e. The summed E-state index contributed by atoms with van der Waals surface area (Å²) < 4.78 is 34.6. The molecule has 0 aliphatic carbocycles. The first-order chi connectivity index (χ1) is 20.7. The van der Waals surface area contributed by atoms with Gasteiger partial charge in [0, 0.05) is 69.2 Å². The molecule has 2 aliphatic rings. The van der Waals surface area contributed by atoms with E-state index in [1.807, 2.05) is 28.9 Å². The normalized spacial score (nSPS) is 17.0. The zero-order chi connectivity index (χ0) is 30.5. The molecule has 0 spiro atoms. The fraction of sp³-hybridized carbons (Fsp3) is 0.429. The second-order valence-electron chi connectivity index (χ2n) is 10.5. The van der Waals surface area contributed by atoms with Gasteiger partial charge in [0.15, 0.2) is 5.82 Å². The Morgan fingerprint density at radius 1 is 1.09 bits per heavy atom. The van der Waals surface area contributed by atoms with Crippen molar-refractivity contribution in [3.8, 4) is 5.82 Å². The molecule has 2 saturated heterocycles. The van der Waals surface area contributed by atoms with Crippen molar-refractivity contribution in [1.82, 2.24) is 35.3 Å². The average molecular weight is 598 g/mol. The number of nitrogens with one attached hydrogen (secondary N) is 2. The molecule has 43 heavy (non-hydrogen) atoms. The monoisotopic (exact) mass is 597 g/mol. The van der Waals surface area contributed by atoms with Crippen LogP contribution in [0.4, 0.5) is 26.2 Å². The van der Waals surface area contributed by atoms with Crippen LogP contribution in [0, 0.1) is 18.6 Å². The van der Waals surface area contributed by atoms with Crippen molar-refractivity contribution in [2.75, 3.05) is 75.1 Å². The van der Waals surface area contributed by atoms with Crippen LogP contribution in [0.1, 0.15) is 11.3 Å². The van der Waals surface area contributed by atoms with Gasteiger partial charge in [-0.3, -0.25) is 15.0 Å².